The van der Waals surface area contributed by atoms with E-state index in [1.807, 2.05) is 0 Å². The van der Waals surface area contributed by atoms with Gasteiger partial charge < -0.3 is 14.8 Å². The van der Waals surface area contributed by atoms with E-state index in [1.165, 1.54) is 14.0 Å². The molecule has 0 saturated carbocycles. The zero-order valence-corrected chi connectivity index (χ0v) is 13.0. The van der Waals surface area contributed by atoms with Crippen LogP contribution in [0.4, 0.5) is 14.5 Å². The molecule has 2 aromatic rings. The van der Waals surface area contributed by atoms with Gasteiger partial charge >= 0.3 is 5.97 Å². The van der Waals surface area contributed by atoms with Gasteiger partial charge in [-0.2, -0.15) is 0 Å². The van der Waals surface area contributed by atoms with E-state index in [9.17, 15) is 18.4 Å². The van der Waals surface area contributed by atoms with Crippen LogP contribution in [0.2, 0.25) is 0 Å². The maximum Gasteiger partial charge on any atom is 0.341 e. The van der Waals surface area contributed by atoms with Gasteiger partial charge in [-0.3, -0.25) is 4.79 Å². The molecule has 5 nitrogen and oxygen atoms in total. The molecular formula is C17H15F2NO4. The zero-order chi connectivity index (χ0) is 17.7. The average Bonchev–Trinajstić information content (AvgIpc) is 2.55. The fourth-order valence-corrected chi connectivity index (χ4v) is 1.91. The van der Waals surface area contributed by atoms with Gasteiger partial charge in [-0.05, 0) is 31.2 Å². The highest BCUT2D eigenvalue weighted by atomic mass is 19.1. The van der Waals surface area contributed by atoms with Crippen LogP contribution >= 0.6 is 0 Å². The molecule has 1 N–H and O–H groups in total. The molecule has 0 saturated heterocycles. The van der Waals surface area contributed by atoms with Gasteiger partial charge in [-0.25, -0.2) is 13.6 Å². The first kappa shape index (κ1) is 17.4. The number of carbonyl (C=O) groups is 2. The van der Waals surface area contributed by atoms with Crippen molar-refractivity contribution in [3.05, 3.63) is 59.7 Å². The van der Waals surface area contributed by atoms with Crippen molar-refractivity contribution in [2.75, 3.05) is 12.4 Å². The first-order valence-corrected chi connectivity index (χ1v) is 7.02. The molecule has 24 heavy (non-hydrogen) atoms. The molecule has 2 aromatic carbocycles. The Morgan fingerprint density at radius 2 is 1.83 bits per heavy atom. The van der Waals surface area contributed by atoms with Gasteiger partial charge in [0.25, 0.3) is 5.91 Å². The standard InChI is InChI=1S/C17H15F2NO4/c1-10(16(21)20-14-5-3-4-6-15(14)23-2)24-17(22)12-8-7-11(18)9-13(12)19/h3-10H,1-2H3,(H,20,21)/t10-/m0/s1. The Kier molecular flexibility index (Phi) is 5.47. The van der Waals surface area contributed by atoms with Gasteiger partial charge in [0.1, 0.15) is 17.4 Å². The number of nitrogens with one attached hydrogen (secondary N) is 1. The largest absolute Gasteiger partial charge is 0.495 e. The Hall–Kier alpha value is -2.96. The van der Waals surface area contributed by atoms with E-state index < -0.39 is 35.2 Å². The molecule has 0 bridgehead atoms. The second-order valence-electron chi connectivity index (χ2n) is 4.86. The number of benzene rings is 2. The van der Waals surface area contributed by atoms with Crippen LogP contribution in [0.5, 0.6) is 5.75 Å². The summed E-state index contributed by atoms with van der Waals surface area (Å²) in [7, 11) is 1.45. The maximum absolute atomic E-state index is 13.5. The van der Waals surface area contributed by atoms with Gasteiger partial charge in [0.15, 0.2) is 6.10 Å². The Morgan fingerprint density at radius 1 is 1.12 bits per heavy atom. The summed E-state index contributed by atoms with van der Waals surface area (Å²) in [6.45, 7) is 1.34. The Bertz CT molecular complexity index is 764. The fraction of sp³-hybridized carbons (Fsp3) is 0.176. The molecule has 0 aromatic heterocycles. The van der Waals surface area contributed by atoms with Crippen molar-refractivity contribution in [1.29, 1.82) is 0 Å². The van der Waals surface area contributed by atoms with Crippen molar-refractivity contribution in [2.24, 2.45) is 0 Å². The first-order chi connectivity index (χ1) is 11.4. The summed E-state index contributed by atoms with van der Waals surface area (Å²) in [5, 5.41) is 2.55. The molecule has 0 unspecified atom stereocenters. The number of para-hydroxylation sites is 2. The summed E-state index contributed by atoms with van der Waals surface area (Å²) < 4.78 is 36.4. The predicted octanol–water partition coefficient (Wildman–Crippen LogP) is 3.16. The van der Waals surface area contributed by atoms with Crippen LogP contribution in [0.1, 0.15) is 17.3 Å². The summed E-state index contributed by atoms with van der Waals surface area (Å²) >= 11 is 0. The third-order valence-corrected chi connectivity index (χ3v) is 3.17. The van der Waals surface area contributed by atoms with Crippen molar-refractivity contribution >= 4 is 17.6 Å². The van der Waals surface area contributed by atoms with Crippen LogP contribution in [-0.4, -0.2) is 25.1 Å². The summed E-state index contributed by atoms with van der Waals surface area (Å²) in [6.07, 6.45) is -1.19. The van der Waals surface area contributed by atoms with E-state index in [-0.39, 0.29) is 0 Å². The van der Waals surface area contributed by atoms with Gasteiger partial charge in [-0.1, -0.05) is 12.1 Å². The van der Waals surface area contributed by atoms with Crippen LogP contribution in [0.15, 0.2) is 42.5 Å². The van der Waals surface area contributed by atoms with Crippen LogP contribution in [0, 0.1) is 11.6 Å². The average molecular weight is 335 g/mol. The van der Waals surface area contributed by atoms with E-state index in [0.29, 0.717) is 17.5 Å². The van der Waals surface area contributed by atoms with Crippen LogP contribution < -0.4 is 10.1 Å². The quantitative estimate of drug-likeness (QED) is 0.853. The van der Waals surface area contributed by atoms with Crippen molar-refractivity contribution in [1.82, 2.24) is 0 Å². The van der Waals surface area contributed by atoms with Crippen molar-refractivity contribution < 1.29 is 27.8 Å². The van der Waals surface area contributed by atoms with E-state index in [1.54, 1.807) is 24.3 Å². The molecule has 0 radical (unpaired) electrons. The number of rotatable bonds is 5. The molecule has 2 rings (SSSR count). The SMILES string of the molecule is COc1ccccc1NC(=O)[C@H](C)OC(=O)c1ccc(F)cc1F. The van der Waals surface area contributed by atoms with E-state index in [0.717, 1.165) is 12.1 Å². The summed E-state index contributed by atoms with van der Waals surface area (Å²) in [5.74, 6) is -3.11. The fourth-order valence-electron chi connectivity index (χ4n) is 1.91. The number of amides is 1. The number of methoxy groups -OCH3 is 1. The minimum atomic E-state index is -1.19. The lowest BCUT2D eigenvalue weighted by molar-refractivity contribution is -0.123. The number of hydrogen-bond donors (Lipinski definition) is 1. The van der Waals surface area contributed by atoms with E-state index >= 15 is 0 Å². The highest BCUT2D eigenvalue weighted by Crippen LogP contribution is 2.23. The Balaban J connectivity index is 2.04. The number of esters is 1. The van der Waals surface area contributed by atoms with Gasteiger partial charge in [0.05, 0.1) is 18.4 Å². The number of halogens is 2. The number of anilines is 1. The third kappa shape index (κ3) is 4.07. The number of ether oxygens (including phenoxy) is 2. The van der Waals surface area contributed by atoms with Crippen molar-refractivity contribution in [2.45, 2.75) is 13.0 Å². The topological polar surface area (TPSA) is 64.6 Å². The molecule has 0 fully saturated rings. The normalized spacial score (nSPS) is 11.5. The van der Waals surface area contributed by atoms with Gasteiger partial charge in [0.2, 0.25) is 0 Å². The monoisotopic (exact) mass is 335 g/mol. The summed E-state index contributed by atoms with van der Waals surface area (Å²) in [5.41, 5.74) is -0.0470. The highest BCUT2D eigenvalue weighted by Gasteiger charge is 2.22. The molecule has 0 aliphatic carbocycles. The predicted molar refractivity (Wildman–Crippen MR) is 82.9 cm³/mol. The summed E-state index contributed by atoms with van der Waals surface area (Å²) in [4.78, 5) is 24.0. The minimum Gasteiger partial charge on any atom is -0.495 e. The minimum absolute atomic E-state index is 0.404. The lowest BCUT2D eigenvalue weighted by atomic mass is 10.2. The first-order valence-electron chi connectivity index (χ1n) is 7.02. The zero-order valence-electron chi connectivity index (χ0n) is 13.0. The lowest BCUT2D eigenvalue weighted by Crippen LogP contribution is -2.30. The summed E-state index contributed by atoms with van der Waals surface area (Å²) in [6, 6.07) is 9.15. The Morgan fingerprint density at radius 3 is 2.50 bits per heavy atom. The smallest absolute Gasteiger partial charge is 0.341 e. The van der Waals surface area contributed by atoms with E-state index in [4.69, 9.17) is 9.47 Å². The molecule has 0 spiro atoms. The van der Waals surface area contributed by atoms with Crippen LogP contribution in [0.25, 0.3) is 0 Å². The number of carbonyl (C=O) groups excluding carboxylic acids is 2. The van der Waals surface area contributed by atoms with Crippen molar-refractivity contribution in [3.63, 3.8) is 0 Å². The second-order valence-corrected chi connectivity index (χ2v) is 4.86. The van der Waals surface area contributed by atoms with Gasteiger partial charge in [-0.15, -0.1) is 0 Å². The molecule has 1 atom stereocenters. The highest BCUT2D eigenvalue weighted by molar-refractivity contribution is 5.98. The molecule has 0 heterocycles. The van der Waals surface area contributed by atoms with Crippen LogP contribution in [-0.2, 0) is 9.53 Å². The van der Waals surface area contributed by atoms with E-state index in [2.05, 4.69) is 5.32 Å². The molecular weight excluding hydrogens is 320 g/mol. The van der Waals surface area contributed by atoms with Crippen molar-refractivity contribution in [3.8, 4) is 5.75 Å². The van der Waals surface area contributed by atoms with Crippen LogP contribution in [0.3, 0.4) is 0 Å². The Labute approximate surface area is 137 Å². The molecule has 0 aliphatic heterocycles. The molecule has 126 valence electrons. The maximum atomic E-state index is 13.5. The molecule has 1 amide bonds. The molecule has 0 aliphatic rings. The molecule has 7 heteroatoms. The second kappa shape index (κ2) is 7.54. The number of hydrogen-bond acceptors (Lipinski definition) is 4. The third-order valence-electron chi connectivity index (χ3n) is 3.17. The lowest BCUT2D eigenvalue weighted by Gasteiger charge is -2.15. The van der Waals surface area contributed by atoms with Gasteiger partial charge in [0, 0.05) is 6.07 Å².